The zero-order valence-electron chi connectivity index (χ0n) is 6.13. The second-order valence-corrected chi connectivity index (χ2v) is 3.94. The molecule has 0 aromatic rings. The first-order valence-electron chi connectivity index (χ1n) is 3.01. The third kappa shape index (κ3) is 2.52. The lowest BCUT2D eigenvalue weighted by molar-refractivity contribution is -0.267. The van der Waals surface area contributed by atoms with Gasteiger partial charge < -0.3 is 0 Å². The summed E-state index contributed by atoms with van der Waals surface area (Å²) in [6, 6.07) is 0. The molecule has 14 heavy (non-hydrogen) atoms. The lowest BCUT2D eigenvalue weighted by Crippen LogP contribution is -2.56. The fraction of sp³-hybridized carbons (Fsp3) is 1.00. The van der Waals surface area contributed by atoms with Crippen LogP contribution < -0.4 is 0 Å². The van der Waals surface area contributed by atoms with Crippen LogP contribution in [0.3, 0.4) is 0 Å². The molecule has 0 fully saturated rings. The Kier molecular flexibility index (Phi) is 4.68. The molecule has 9 heteroatoms. The number of hydrogen-bond acceptors (Lipinski definition) is 0. The van der Waals surface area contributed by atoms with Gasteiger partial charge in [-0.1, -0.05) is 0 Å². The summed E-state index contributed by atoms with van der Waals surface area (Å²) in [7, 11) is 0. The van der Waals surface area contributed by atoms with E-state index < -0.39 is 28.5 Å². The van der Waals surface area contributed by atoms with Crippen molar-refractivity contribution in [3.8, 4) is 0 Å². The number of halogens is 9. The lowest BCUT2D eigenvalue weighted by Gasteiger charge is -2.31. The topological polar surface area (TPSA) is 0 Å². The zero-order chi connectivity index (χ0) is 11.7. The molecule has 0 aromatic heterocycles. The van der Waals surface area contributed by atoms with E-state index in [9.17, 15) is 26.3 Å². The highest BCUT2D eigenvalue weighted by molar-refractivity contribution is 6.48. The first-order valence-corrected chi connectivity index (χ1v) is 4.32. The van der Waals surface area contributed by atoms with E-state index in [1.165, 1.54) is 0 Å². The van der Waals surface area contributed by atoms with E-state index in [-0.39, 0.29) is 0 Å². The number of alkyl halides is 9. The molecule has 86 valence electrons. The van der Waals surface area contributed by atoms with E-state index in [1.54, 1.807) is 0 Å². The minimum Gasteiger partial charge on any atom is -0.226 e. The van der Waals surface area contributed by atoms with Gasteiger partial charge in [-0.2, -0.15) is 13.2 Å². The van der Waals surface area contributed by atoms with Gasteiger partial charge in [-0.25, -0.2) is 13.2 Å². The molecule has 0 aromatic carbocycles. The molecule has 0 bridgehead atoms. The molecule has 0 aliphatic carbocycles. The third-order valence-corrected chi connectivity index (χ3v) is 2.71. The molecular weight excluding hydrogens is 280 g/mol. The van der Waals surface area contributed by atoms with Gasteiger partial charge in [0.25, 0.3) is 12.1 Å². The van der Waals surface area contributed by atoms with E-state index in [0.29, 0.717) is 0 Å². The molecule has 0 spiro atoms. The monoisotopic (exact) mass is 282 g/mol. The zero-order valence-corrected chi connectivity index (χ0v) is 8.40. The molecule has 0 saturated carbocycles. The van der Waals surface area contributed by atoms with Gasteiger partial charge in [0.05, 0.1) is 0 Å². The van der Waals surface area contributed by atoms with Crippen LogP contribution in [0, 0.1) is 0 Å². The molecule has 0 N–H and O–H groups in total. The first-order chi connectivity index (χ1) is 6.05. The largest absolute Gasteiger partial charge is 0.429 e. The van der Waals surface area contributed by atoms with Gasteiger partial charge in [-0.15, -0.1) is 34.8 Å². The third-order valence-electron chi connectivity index (χ3n) is 1.37. The Hall–Kier alpha value is 0.450. The summed E-state index contributed by atoms with van der Waals surface area (Å²) >= 11 is 14.4. The maximum Gasteiger partial charge on any atom is 0.429 e. The van der Waals surface area contributed by atoms with Gasteiger partial charge in [0, 0.05) is 0 Å². The van der Waals surface area contributed by atoms with E-state index in [1.807, 2.05) is 0 Å². The predicted octanol–water partition coefficient (Wildman–Crippen LogP) is 3.93. The van der Waals surface area contributed by atoms with E-state index in [4.69, 9.17) is 34.8 Å². The highest BCUT2D eigenvalue weighted by atomic mass is 35.5. The van der Waals surface area contributed by atoms with Crippen molar-refractivity contribution >= 4 is 34.8 Å². The molecule has 0 radical (unpaired) electrons. The van der Waals surface area contributed by atoms with Crippen LogP contribution in [0.4, 0.5) is 26.3 Å². The van der Waals surface area contributed by atoms with Crippen molar-refractivity contribution in [3.05, 3.63) is 0 Å². The average molecular weight is 283 g/mol. The number of rotatable bonds is 3. The van der Waals surface area contributed by atoms with Crippen LogP contribution in [0.5, 0.6) is 0 Å². The van der Waals surface area contributed by atoms with Crippen LogP contribution in [0.25, 0.3) is 0 Å². The summed E-state index contributed by atoms with van der Waals surface area (Å²) < 4.78 is 72.4. The van der Waals surface area contributed by atoms with E-state index in [2.05, 4.69) is 0 Å². The van der Waals surface area contributed by atoms with Crippen LogP contribution in [0.1, 0.15) is 0 Å². The van der Waals surface area contributed by atoms with Crippen LogP contribution in [0.15, 0.2) is 0 Å². The van der Waals surface area contributed by atoms with Crippen molar-refractivity contribution in [2.45, 2.75) is 28.5 Å². The van der Waals surface area contributed by atoms with Gasteiger partial charge in [0.15, 0.2) is 0 Å². The normalized spacial score (nSPS) is 19.9. The Morgan fingerprint density at radius 3 is 1.29 bits per heavy atom. The SMILES string of the molecule is FC(F)C(F)(C(Cl)C(Cl)Cl)C(F)(F)F. The van der Waals surface area contributed by atoms with Gasteiger partial charge in [-0.05, 0) is 0 Å². The molecule has 2 unspecified atom stereocenters. The minimum absolute atomic E-state index is 2.10. The van der Waals surface area contributed by atoms with Crippen molar-refractivity contribution in [3.63, 3.8) is 0 Å². The Labute approximate surface area is 90.1 Å². The summed E-state index contributed by atoms with van der Waals surface area (Å²) in [4.78, 5) is -2.10. The Bertz CT molecular complexity index is 192. The van der Waals surface area contributed by atoms with Crippen LogP contribution in [0.2, 0.25) is 0 Å². The lowest BCUT2D eigenvalue weighted by atomic mass is 10.0. The summed E-state index contributed by atoms with van der Waals surface area (Å²) in [5, 5.41) is -2.77. The second-order valence-electron chi connectivity index (χ2n) is 2.30. The maximum absolute atomic E-state index is 12.9. The van der Waals surface area contributed by atoms with Crippen molar-refractivity contribution in [1.82, 2.24) is 0 Å². The van der Waals surface area contributed by atoms with Crippen molar-refractivity contribution < 1.29 is 26.3 Å². The average Bonchev–Trinajstić information content (AvgIpc) is 1.98. The van der Waals surface area contributed by atoms with Crippen molar-refractivity contribution in [2.75, 3.05) is 0 Å². The molecule has 0 saturated heterocycles. The number of hydrogen-bond donors (Lipinski definition) is 0. The highest BCUT2D eigenvalue weighted by Crippen LogP contribution is 2.45. The fourth-order valence-corrected chi connectivity index (χ4v) is 1.17. The van der Waals surface area contributed by atoms with Gasteiger partial charge >= 0.3 is 6.18 Å². The van der Waals surface area contributed by atoms with Gasteiger partial charge in [0.1, 0.15) is 10.2 Å². The summed E-state index contributed by atoms with van der Waals surface area (Å²) in [5.74, 6) is 0. The van der Waals surface area contributed by atoms with Crippen LogP contribution in [-0.2, 0) is 0 Å². The van der Waals surface area contributed by atoms with E-state index >= 15 is 0 Å². The minimum atomic E-state index is -5.84. The molecule has 0 aliphatic rings. The van der Waals surface area contributed by atoms with Crippen LogP contribution >= 0.6 is 34.8 Å². The molecule has 0 rings (SSSR count). The Morgan fingerprint density at radius 2 is 1.21 bits per heavy atom. The maximum atomic E-state index is 12.9. The second kappa shape index (κ2) is 4.53. The quantitative estimate of drug-likeness (QED) is 0.544. The molecule has 0 aliphatic heterocycles. The highest BCUT2D eigenvalue weighted by Gasteiger charge is 2.68. The van der Waals surface area contributed by atoms with Gasteiger partial charge in [-0.3, -0.25) is 0 Å². The van der Waals surface area contributed by atoms with Crippen molar-refractivity contribution in [1.29, 1.82) is 0 Å². The van der Waals surface area contributed by atoms with Gasteiger partial charge in [0.2, 0.25) is 0 Å². The Morgan fingerprint density at radius 1 is 0.857 bits per heavy atom. The van der Waals surface area contributed by atoms with E-state index in [0.717, 1.165) is 0 Å². The molecule has 2 atom stereocenters. The summed E-state index contributed by atoms with van der Waals surface area (Å²) in [6.45, 7) is 0. The summed E-state index contributed by atoms with van der Waals surface area (Å²) in [6.07, 6.45) is -10.2. The van der Waals surface area contributed by atoms with Crippen LogP contribution in [-0.4, -0.2) is 28.5 Å². The molecule has 0 amide bonds. The predicted molar refractivity (Wildman–Crippen MR) is 41.0 cm³/mol. The smallest absolute Gasteiger partial charge is 0.226 e. The molecule has 0 heterocycles. The fourth-order valence-electron chi connectivity index (χ4n) is 0.584. The Balaban J connectivity index is 5.11. The first kappa shape index (κ1) is 14.5. The standard InChI is InChI=1S/C5H3Cl3F6/c6-1(2(7)8)4(11,3(9)10)5(12,13)14/h1-3H. The van der Waals surface area contributed by atoms with Crippen molar-refractivity contribution in [2.24, 2.45) is 0 Å². The molecule has 0 nitrogen and oxygen atoms in total. The summed E-state index contributed by atoms with van der Waals surface area (Å²) in [5.41, 5.74) is -4.91. The molecular formula is C5H3Cl3F6.